The maximum atomic E-state index is 12.0. The van der Waals surface area contributed by atoms with Gasteiger partial charge in [-0.15, -0.1) is 0 Å². The third-order valence-corrected chi connectivity index (χ3v) is 4.78. The molecule has 25 heavy (non-hydrogen) atoms. The summed E-state index contributed by atoms with van der Waals surface area (Å²) in [6.07, 6.45) is 17.3. The minimum Gasteiger partial charge on any atom is -0.459 e. The molecular weight excluding hydrogens is 308 g/mol. The van der Waals surface area contributed by atoms with Crippen LogP contribution in [0.1, 0.15) is 108 Å². The van der Waals surface area contributed by atoms with E-state index in [1.807, 2.05) is 25.1 Å². The molecule has 0 aromatic heterocycles. The van der Waals surface area contributed by atoms with Gasteiger partial charge in [-0.05, 0) is 31.9 Å². The number of rotatable bonds is 15. The van der Waals surface area contributed by atoms with E-state index in [1.54, 1.807) is 12.1 Å². The van der Waals surface area contributed by atoms with E-state index in [-0.39, 0.29) is 12.1 Å². The first kappa shape index (κ1) is 21.7. The fourth-order valence-electron chi connectivity index (χ4n) is 3.16. The Morgan fingerprint density at radius 3 is 1.80 bits per heavy atom. The fraction of sp³-hybridized carbons (Fsp3) is 0.696. The molecule has 2 heteroatoms. The van der Waals surface area contributed by atoms with Gasteiger partial charge in [-0.2, -0.15) is 0 Å². The van der Waals surface area contributed by atoms with Gasteiger partial charge in [-0.25, -0.2) is 4.79 Å². The molecule has 1 aromatic rings. The molecule has 0 spiro atoms. The van der Waals surface area contributed by atoms with Crippen molar-refractivity contribution in [1.82, 2.24) is 0 Å². The fourth-order valence-corrected chi connectivity index (χ4v) is 3.16. The van der Waals surface area contributed by atoms with Crippen LogP contribution in [0.2, 0.25) is 0 Å². The Morgan fingerprint density at radius 2 is 1.28 bits per heavy atom. The Kier molecular flexibility index (Phi) is 13.0. The van der Waals surface area contributed by atoms with Gasteiger partial charge in [0.05, 0.1) is 11.7 Å². The van der Waals surface area contributed by atoms with Crippen LogP contribution in [0, 0.1) is 0 Å². The van der Waals surface area contributed by atoms with Gasteiger partial charge in [-0.3, -0.25) is 0 Å². The molecule has 142 valence electrons. The minimum absolute atomic E-state index is 0.0100. The highest BCUT2D eigenvalue weighted by Crippen LogP contribution is 2.14. The number of ether oxygens (including phenoxy) is 1. The van der Waals surface area contributed by atoms with Crippen LogP contribution in [0.3, 0.4) is 0 Å². The van der Waals surface area contributed by atoms with Crippen molar-refractivity contribution in [1.29, 1.82) is 0 Å². The number of hydrogen-bond acceptors (Lipinski definition) is 2. The Balaban J connectivity index is 1.90. The van der Waals surface area contributed by atoms with Crippen molar-refractivity contribution < 1.29 is 9.53 Å². The molecule has 0 fully saturated rings. The van der Waals surface area contributed by atoms with Crippen LogP contribution in [0.4, 0.5) is 0 Å². The normalized spacial score (nSPS) is 12.1. The third-order valence-electron chi connectivity index (χ3n) is 4.78. The zero-order valence-electron chi connectivity index (χ0n) is 16.5. The lowest BCUT2D eigenvalue weighted by Crippen LogP contribution is -2.14. The van der Waals surface area contributed by atoms with Crippen molar-refractivity contribution in [3.05, 3.63) is 35.9 Å². The zero-order chi connectivity index (χ0) is 18.2. The predicted octanol–water partition coefficient (Wildman–Crippen LogP) is 7.32. The number of esters is 1. The van der Waals surface area contributed by atoms with E-state index in [0.717, 1.165) is 12.8 Å². The summed E-state index contributed by atoms with van der Waals surface area (Å²) < 4.78 is 5.50. The summed E-state index contributed by atoms with van der Waals surface area (Å²) in [6.45, 7) is 4.27. The molecule has 0 aliphatic carbocycles. The highest BCUT2D eigenvalue weighted by Gasteiger charge is 2.10. The summed E-state index contributed by atoms with van der Waals surface area (Å²) in [7, 11) is 0. The molecule has 1 atom stereocenters. The highest BCUT2D eigenvalue weighted by atomic mass is 16.5. The molecule has 1 unspecified atom stereocenters. The van der Waals surface area contributed by atoms with E-state index in [4.69, 9.17) is 4.74 Å². The quantitative estimate of drug-likeness (QED) is 0.245. The van der Waals surface area contributed by atoms with E-state index < -0.39 is 0 Å². The van der Waals surface area contributed by atoms with Gasteiger partial charge < -0.3 is 4.74 Å². The van der Waals surface area contributed by atoms with Crippen molar-refractivity contribution in [2.45, 2.75) is 103 Å². The molecule has 1 aromatic carbocycles. The minimum atomic E-state index is -0.202. The molecule has 2 nitrogen and oxygen atoms in total. The highest BCUT2D eigenvalue weighted by molar-refractivity contribution is 5.89. The zero-order valence-corrected chi connectivity index (χ0v) is 16.5. The number of carbonyl (C=O) groups excluding carboxylic acids is 1. The van der Waals surface area contributed by atoms with Gasteiger partial charge in [0.1, 0.15) is 0 Å². The van der Waals surface area contributed by atoms with Crippen LogP contribution in [-0.4, -0.2) is 12.1 Å². The lowest BCUT2D eigenvalue weighted by atomic mass is 10.0. The van der Waals surface area contributed by atoms with Gasteiger partial charge in [0.25, 0.3) is 0 Å². The van der Waals surface area contributed by atoms with E-state index in [1.165, 1.54) is 70.6 Å². The molecule has 1 rings (SSSR count). The second-order valence-electron chi connectivity index (χ2n) is 7.26. The van der Waals surface area contributed by atoms with Gasteiger partial charge in [0, 0.05) is 0 Å². The first-order chi connectivity index (χ1) is 12.2. The smallest absolute Gasteiger partial charge is 0.338 e. The van der Waals surface area contributed by atoms with E-state index in [0.29, 0.717) is 5.56 Å². The largest absolute Gasteiger partial charge is 0.459 e. The van der Waals surface area contributed by atoms with Gasteiger partial charge >= 0.3 is 5.97 Å². The van der Waals surface area contributed by atoms with Crippen LogP contribution in [0.15, 0.2) is 30.3 Å². The van der Waals surface area contributed by atoms with E-state index in [2.05, 4.69) is 6.92 Å². The van der Waals surface area contributed by atoms with Crippen LogP contribution < -0.4 is 0 Å². The van der Waals surface area contributed by atoms with Gasteiger partial charge in [0.15, 0.2) is 0 Å². The molecule has 0 heterocycles. The summed E-state index contributed by atoms with van der Waals surface area (Å²) in [5, 5.41) is 0. The topological polar surface area (TPSA) is 26.3 Å². The van der Waals surface area contributed by atoms with Crippen molar-refractivity contribution >= 4 is 5.97 Å². The van der Waals surface area contributed by atoms with Crippen LogP contribution in [0.25, 0.3) is 0 Å². The SMILES string of the molecule is CCCCCCCCCCCCCCC(C)OC(=O)c1ccccc1. The van der Waals surface area contributed by atoms with Gasteiger partial charge in [-0.1, -0.05) is 95.8 Å². The van der Waals surface area contributed by atoms with Crippen LogP contribution in [0.5, 0.6) is 0 Å². The Morgan fingerprint density at radius 1 is 0.800 bits per heavy atom. The number of carbonyl (C=O) groups is 1. The monoisotopic (exact) mass is 346 g/mol. The number of benzene rings is 1. The molecular formula is C23H38O2. The molecule has 0 aliphatic heterocycles. The second-order valence-corrected chi connectivity index (χ2v) is 7.26. The summed E-state index contributed by atoms with van der Waals surface area (Å²) in [6, 6.07) is 9.25. The van der Waals surface area contributed by atoms with Crippen molar-refractivity contribution in [2.24, 2.45) is 0 Å². The Bertz CT molecular complexity index is 427. The molecule has 0 radical (unpaired) electrons. The van der Waals surface area contributed by atoms with E-state index >= 15 is 0 Å². The van der Waals surface area contributed by atoms with Crippen LogP contribution in [-0.2, 0) is 4.74 Å². The average Bonchev–Trinajstić information content (AvgIpc) is 2.63. The Hall–Kier alpha value is -1.31. The van der Waals surface area contributed by atoms with Crippen molar-refractivity contribution in [3.8, 4) is 0 Å². The molecule has 0 saturated carbocycles. The summed E-state index contributed by atoms with van der Waals surface area (Å²) in [4.78, 5) is 12.0. The maximum Gasteiger partial charge on any atom is 0.338 e. The summed E-state index contributed by atoms with van der Waals surface area (Å²) in [5.41, 5.74) is 0.643. The lowest BCUT2D eigenvalue weighted by molar-refractivity contribution is 0.0319. The van der Waals surface area contributed by atoms with Crippen molar-refractivity contribution in [3.63, 3.8) is 0 Å². The standard InChI is InChI=1S/C23H38O2/c1-3-4-5-6-7-8-9-10-11-12-13-15-18-21(2)25-23(24)22-19-16-14-17-20-22/h14,16-17,19-21H,3-13,15,18H2,1-2H3. The summed E-state index contributed by atoms with van der Waals surface area (Å²) in [5.74, 6) is -0.202. The molecule has 0 aliphatic rings. The molecule has 0 bridgehead atoms. The van der Waals surface area contributed by atoms with E-state index in [9.17, 15) is 4.79 Å². The third kappa shape index (κ3) is 11.8. The Labute approximate surface area is 155 Å². The molecule has 0 amide bonds. The van der Waals surface area contributed by atoms with Gasteiger partial charge in [0.2, 0.25) is 0 Å². The number of hydrogen-bond donors (Lipinski definition) is 0. The van der Waals surface area contributed by atoms with Crippen LogP contribution >= 0.6 is 0 Å². The first-order valence-corrected chi connectivity index (χ1v) is 10.5. The maximum absolute atomic E-state index is 12.0. The number of unbranched alkanes of at least 4 members (excludes halogenated alkanes) is 11. The summed E-state index contributed by atoms with van der Waals surface area (Å²) >= 11 is 0. The first-order valence-electron chi connectivity index (χ1n) is 10.5. The molecule has 0 N–H and O–H groups in total. The molecule has 0 saturated heterocycles. The second kappa shape index (κ2) is 15.0. The lowest BCUT2D eigenvalue weighted by Gasteiger charge is -2.13. The average molecular weight is 347 g/mol. The van der Waals surface area contributed by atoms with Crippen molar-refractivity contribution in [2.75, 3.05) is 0 Å². The predicted molar refractivity (Wildman–Crippen MR) is 107 cm³/mol.